The van der Waals surface area contributed by atoms with Gasteiger partial charge in [-0.3, -0.25) is 9.69 Å². The summed E-state index contributed by atoms with van der Waals surface area (Å²) in [6, 6.07) is 7.96. The highest BCUT2D eigenvalue weighted by molar-refractivity contribution is 7.17. The second-order valence-corrected chi connectivity index (χ2v) is 8.63. The summed E-state index contributed by atoms with van der Waals surface area (Å²) in [6.45, 7) is 7.46. The number of aliphatic hydroxyl groups excluding tert-OH is 1. The van der Waals surface area contributed by atoms with E-state index in [1.54, 1.807) is 6.92 Å². The molecule has 0 unspecified atom stereocenters. The van der Waals surface area contributed by atoms with E-state index in [1.807, 2.05) is 43.0 Å². The number of nitrogens with zero attached hydrogens (tertiary/aromatic N) is 1. The Morgan fingerprint density at radius 2 is 2.00 bits per heavy atom. The molecule has 0 spiro atoms. The Hall–Kier alpha value is -2.22. The standard InChI is InChI=1S/C22H28N2O4S/c1-4-28-22(27)20-19(16-9-7-14(2)8-10-16)15(3)29-21(20)23-18(26)13-24-11-5-6-17(25)12-24/h7-10,17,25H,4-6,11-13H2,1-3H3,(H,23,26)/t17-/m0/s1. The SMILES string of the molecule is CCOC(=O)c1c(NC(=O)CN2CCC[C@H](O)C2)sc(C)c1-c1ccc(C)cc1. The largest absolute Gasteiger partial charge is 0.462 e. The minimum absolute atomic E-state index is 0.191. The highest BCUT2D eigenvalue weighted by Gasteiger charge is 2.26. The summed E-state index contributed by atoms with van der Waals surface area (Å²) in [5.41, 5.74) is 3.27. The van der Waals surface area contributed by atoms with Gasteiger partial charge in [-0.05, 0) is 45.7 Å². The highest BCUT2D eigenvalue weighted by Crippen LogP contribution is 2.40. The molecular formula is C22H28N2O4S. The molecule has 1 fully saturated rings. The number of likely N-dealkylation sites (tertiary alicyclic amines) is 1. The lowest BCUT2D eigenvalue weighted by Crippen LogP contribution is -2.42. The Balaban J connectivity index is 1.87. The first-order chi connectivity index (χ1) is 13.9. The number of aryl methyl sites for hydroxylation is 2. The fraction of sp³-hybridized carbons (Fsp3) is 0.455. The molecule has 6 nitrogen and oxygen atoms in total. The fourth-order valence-electron chi connectivity index (χ4n) is 3.64. The molecule has 1 saturated heterocycles. The topological polar surface area (TPSA) is 78.9 Å². The molecule has 1 atom stereocenters. The monoisotopic (exact) mass is 416 g/mol. The molecule has 29 heavy (non-hydrogen) atoms. The van der Waals surface area contributed by atoms with Crippen molar-refractivity contribution in [2.24, 2.45) is 0 Å². The molecule has 2 heterocycles. The number of esters is 1. The fourth-order valence-corrected chi connectivity index (χ4v) is 4.72. The lowest BCUT2D eigenvalue weighted by atomic mass is 10.0. The van der Waals surface area contributed by atoms with Crippen LogP contribution < -0.4 is 5.32 Å². The van der Waals surface area contributed by atoms with Crippen molar-refractivity contribution in [3.63, 3.8) is 0 Å². The molecule has 1 aromatic heterocycles. The van der Waals surface area contributed by atoms with Crippen molar-refractivity contribution in [1.29, 1.82) is 0 Å². The molecule has 0 aliphatic carbocycles. The Morgan fingerprint density at radius 1 is 1.28 bits per heavy atom. The van der Waals surface area contributed by atoms with Crippen LogP contribution in [0.2, 0.25) is 0 Å². The van der Waals surface area contributed by atoms with Crippen LogP contribution in [0, 0.1) is 13.8 Å². The van der Waals surface area contributed by atoms with Gasteiger partial charge in [-0.2, -0.15) is 0 Å². The molecular weight excluding hydrogens is 388 g/mol. The van der Waals surface area contributed by atoms with E-state index in [0.717, 1.165) is 41.0 Å². The summed E-state index contributed by atoms with van der Waals surface area (Å²) in [7, 11) is 0. The van der Waals surface area contributed by atoms with Crippen LogP contribution in [0.1, 0.15) is 40.6 Å². The van der Waals surface area contributed by atoms with Crippen molar-refractivity contribution >= 4 is 28.2 Å². The second kappa shape index (κ2) is 9.52. The zero-order chi connectivity index (χ0) is 21.0. The molecule has 0 radical (unpaired) electrons. The molecule has 156 valence electrons. The maximum Gasteiger partial charge on any atom is 0.341 e. The molecule has 1 aliphatic rings. The normalized spacial score (nSPS) is 17.2. The number of carbonyl (C=O) groups is 2. The molecule has 1 amide bonds. The molecule has 0 bridgehead atoms. The maximum absolute atomic E-state index is 12.7. The number of hydrogen-bond donors (Lipinski definition) is 2. The van der Waals surface area contributed by atoms with Crippen LogP contribution >= 0.6 is 11.3 Å². The van der Waals surface area contributed by atoms with Gasteiger partial charge in [-0.25, -0.2) is 4.79 Å². The summed E-state index contributed by atoms with van der Waals surface area (Å²) >= 11 is 1.38. The van der Waals surface area contributed by atoms with E-state index in [0.29, 0.717) is 17.1 Å². The van der Waals surface area contributed by atoms with E-state index in [-0.39, 0.29) is 25.2 Å². The van der Waals surface area contributed by atoms with E-state index in [4.69, 9.17) is 4.74 Å². The molecule has 2 N–H and O–H groups in total. The van der Waals surface area contributed by atoms with E-state index in [2.05, 4.69) is 5.32 Å². The van der Waals surface area contributed by atoms with Gasteiger partial charge in [0.05, 0.1) is 19.3 Å². The highest BCUT2D eigenvalue weighted by atomic mass is 32.1. The predicted octanol–water partition coefficient (Wildman–Crippen LogP) is 3.60. The van der Waals surface area contributed by atoms with Crippen LogP contribution in [0.4, 0.5) is 5.00 Å². The molecule has 1 aromatic carbocycles. The summed E-state index contributed by atoms with van der Waals surface area (Å²) in [5.74, 6) is -0.627. The van der Waals surface area contributed by atoms with Gasteiger partial charge in [0.25, 0.3) is 0 Å². The Morgan fingerprint density at radius 3 is 2.66 bits per heavy atom. The smallest absolute Gasteiger partial charge is 0.341 e. The van der Waals surface area contributed by atoms with Crippen molar-refractivity contribution in [2.75, 3.05) is 31.6 Å². The first-order valence-electron chi connectivity index (χ1n) is 9.96. The van der Waals surface area contributed by atoms with Crippen molar-refractivity contribution in [2.45, 2.75) is 39.7 Å². The number of rotatable bonds is 6. The Labute approximate surface area is 175 Å². The van der Waals surface area contributed by atoms with Crippen LogP contribution in [0.15, 0.2) is 24.3 Å². The number of piperidine rings is 1. The molecule has 2 aromatic rings. The van der Waals surface area contributed by atoms with E-state index in [1.165, 1.54) is 11.3 Å². The number of anilines is 1. The Kier molecular flexibility index (Phi) is 7.05. The predicted molar refractivity (Wildman–Crippen MR) is 115 cm³/mol. The summed E-state index contributed by atoms with van der Waals surface area (Å²) in [5, 5.41) is 13.2. The molecule has 3 rings (SSSR count). The number of amides is 1. The van der Waals surface area contributed by atoms with Gasteiger partial charge in [-0.1, -0.05) is 29.8 Å². The van der Waals surface area contributed by atoms with Crippen LogP contribution in [0.3, 0.4) is 0 Å². The minimum atomic E-state index is -0.434. The van der Waals surface area contributed by atoms with Crippen molar-refractivity contribution in [1.82, 2.24) is 4.90 Å². The molecule has 0 saturated carbocycles. The zero-order valence-corrected chi connectivity index (χ0v) is 18.0. The summed E-state index contributed by atoms with van der Waals surface area (Å²) in [4.78, 5) is 28.3. The first kappa shape index (κ1) is 21.5. The van der Waals surface area contributed by atoms with Crippen LogP contribution in [-0.4, -0.2) is 54.2 Å². The minimum Gasteiger partial charge on any atom is -0.462 e. The van der Waals surface area contributed by atoms with Gasteiger partial charge in [0.15, 0.2) is 0 Å². The Bertz CT molecular complexity index is 876. The van der Waals surface area contributed by atoms with Crippen molar-refractivity contribution in [3.05, 3.63) is 40.3 Å². The number of nitrogens with one attached hydrogen (secondary N) is 1. The van der Waals surface area contributed by atoms with Gasteiger partial charge in [-0.15, -0.1) is 11.3 Å². The average Bonchev–Trinajstić information content (AvgIpc) is 2.98. The van der Waals surface area contributed by atoms with Gasteiger partial charge < -0.3 is 15.2 Å². The van der Waals surface area contributed by atoms with E-state index >= 15 is 0 Å². The lowest BCUT2D eigenvalue weighted by molar-refractivity contribution is -0.117. The van der Waals surface area contributed by atoms with Crippen LogP contribution in [-0.2, 0) is 9.53 Å². The number of carbonyl (C=O) groups excluding carboxylic acids is 2. The van der Waals surface area contributed by atoms with E-state index in [9.17, 15) is 14.7 Å². The second-order valence-electron chi connectivity index (χ2n) is 7.40. The number of hydrogen-bond acceptors (Lipinski definition) is 6. The molecule has 1 aliphatic heterocycles. The van der Waals surface area contributed by atoms with Crippen LogP contribution in [0.5, 0.6) is 0 Å². The van der Waals surface area contributed by atoms with Crippen LogP contribution in [0.25, 0.3) is 11.1 Å². The van der Waals surface area contributed by atoms with E-state index < -0.39 is 5.97 Å². The lowest BCUT2D eigenvalue weighted by Gasteiger charge is -2.29. The van der Waals surface area contributed by atoms with Crippen molar-refractivity contribution < 1.29 is 19.4 Å². The third-order valence-corrected chi connectivity index (χ3v) is 6.03. The summed E-state index contributed by atoms with van der Waals surface area (Å²) in [6.07, 6.45) is 1.26. The quantitative estimate of drug-likeness (QED) is 0.704. The summed E-state index contributed by atoms with van der Waals surface area (Å²) < 4.78 is 5.29. The van der Waals surface area contributed by atoms with Gasteiger partial charge >= 0.3 is 5.97 Å². The number of benzene rings is 1. The number of ether oxygens (including phenoxy) is 1. The maximum atomic E-state index is 12.7. The third-order valence-electron chi connectivity index (χ3n) is 5.00. The van der Waals surface area contributed by atoms with Gasteiger partial charge in [0.2, 0.25) is 5.91 Å². The molecule has 7 heteroatoms. The number of β-amino-alcohol motifs (C(OH)–C–C–N with tert-alkyl or cyclic N) is 1. The third kappa shape index (κ3) is 5.23. The number of thiophene rings is 1. The van der Waals surface area contributed by atoms with Gasteiger partial charge in [0.1, 0.15) is 10.6 Å². The first-order valence-corrected chi connectivity index (χ1v) is 10.8. The average molecular weight is 417 g/mol. The van der Waals surface area contributed by atoms with Crippen molar-refractivity contribution in [3.8, 4) is 11.1 Å². The van der Waals surface area contributed by atoms with Gasteiger partial charge in [0, 0.05) is 17.0 Å². The zero-order valence-electron chi connectivity index (χ0n) is 17.2. The number of aliphatic hydroxyl groups is 1.